The van der Waals surface area contributed by atoms with Crippen molar-refractivity contribution in [3.63, 3.8) is 0 Å². The Hall–Kier alpha value is -14.8. The van der Waals surface area contributed by atoms with E-state index in [1.165, 1.54) is 188 Å². The summed E-state index contributed by atoms with van der Waals surface area (Å²) in [7, 11) is 0. The van der Waals surface area contributed by atoms with E-state index in [4.69, 9.17) is 0 Å². The zero-order chi connectivity index (χ0) is 74.0. The van der Waals surface area contributed by atoms with Crippen molar-refractivity contribution in [2.75, 3.05) is 0 Å². The Labute approximate surface area is 649 Å². The molecule has 22 rings (SSSR count). The second-order valence-electron chi connectivity index (χ2n) is 29.2. The molecule has 0 fully saturated rings. The molecular weight excluding hydrogens is 1350 g/mol. The van der Waals surface area contributed by atoms with Gasteiger partial charge in [0.25, 0.3) is 0 Å². The van der Waals surface area contributed by atoms with Gasteiger partial charge in [0.15, 0.2) is 0 Å². The first-order valence-corrected chi connectivity index (χ1v) is 38.5. The number of nitrogens with zero attached hydrogens (tertiary/aromatic N) is 4. The largest absolute Gasteiger partial charge is 0.309 e. The van der Waals surface area contributed by atoms with Crippen LogP contribution in [0.15, 0.2) is 437 Å². The van der Waals surface area contributed by atoms with Crippen LogP contribution in [0, 0.1) is 0 Å². The first-order valence-electron chi connectivity index (χ1n) is 38.5. The fourth-order valence-electron chi connectivity index (χ4n) is 17.3. The van der Waals surface area contributed by atoms with E-state index in [9.17, 15) is 0 Å². The number of fused-ring (bicyclic) bond motifs is 12. The lowest BCUT2D eigenvalue weighted by Gasteiger charge is -2.15. The number of benzene rings is 18. The van der Waals surface area contributed by atoms with Gasteiger partial charge in [0, 0.05) is 65.8 Å². The minimum atomic E-state index is 1.14. The van der Waals surface area contributed by atoms with E-state index in [0.29, 0.717) is 0 Å². The van der Waals surface area contributed by atoms with E-state index >= 15 is 0 Å². The molecule has 524 valence electrons. The molecule has 0 saturated carbocycles. The molecule has 4 heterocycles. The molecule has 0 unspecified atom stereocenters. The highest BCUT2D eigenvalue weighted by Gasteiger charge is 2.21. The highest BCUT2D eigenvalue weighted by molar-refractivity contribution is 6.15. The van der Waals surface area contributed by atoms with Gasteiger partial charge in [-0.05, 0) is 229 Å². The standard InChI is InChI=1S/2C54H36N2/c1-4-15-37(16-5-1)39-19-14-20-40(31-39)44-32-43(38-17-6-2-7-18-38)33-46(34-44)56-52-26-13-11-24-48(52)50-36-42(28-30-54(50)56)41-27-29-53-49(35-41)47-23-10-12-25-51(47)55(53)45-21-8-3-9-22-45;1-4-14-37(15-5-1)39-24-26-40(27-25-39)44-32-43(38-16-6-2-7-17-38)33-46(34-44)56-52-23-13-11-21-48(52)50-36-42(29-31-54(50)56)41-28-30-53-49(35-41)47-20-10-12-22-51(47)55(53)45-18-8-3-9-19-45/h2*1-36H. The van der Waals surface area contributed by atoms with Gasteiger partial charge >= 0.3 is 0 Å². The van der Waals surface area contributed by atoms with Crippen molar-refractivity contribution in [2.45, 2.75) is 0 Å². The average molecular weight is 1430 g/mol. The summed E-state index contributed by atoms with van der Waals surface area (Å²) in [5.41, 5.74) is 33.4. The van der Waals surface area contributed by atoms with Crippen LogP contribution in [0.25, 0.3) is 199 Å². The molecule has 4 nitrogen and oxygen atoms in total. The first kappa shape index (κ1) is 65.5. The van der Waals surface area contributed by atoms with E-state index in [1.807, 2.05) is 0 Å². The van der Waals surface area contributed by atoms with Crippen molar-refractivity contribution < 1.29 is 0 Å². The molecule has 112 heavy (non-hydrogen) atoms. The number of para-hydroxylation sites is 6. The smallest absolute Gasteiger partial charge is 0.0541 e. The summed E-state index contributed by atoms with van der Waals surface area (Å²) in [5.74, 6) is 0. The van der Waals surface area contributed by atoms with Crippen LogP contribution in [0.1, 0.15) is 0 Å². The molecule has 4 heteroatoms. The molecule has 0 aliphatic heterocycles. The summed E-state index contributed by atoms with van der Waals surface area (Å²) in [6.45, 7) is 0. The number of hydrogen-bond acceptors (Lipinski definition) is 0. The highest BCUT2D eigenvalue weighted by atomic mass is 15.0. The van der Waals surface area contributed by atoms with Gasteiger partial charge in [-0.2, -0.15) is 0 Å². The second kappa shape index (κ2) is 27.7. The van der Waals surface area contributed by atoms with Crippen molar-refractivity contribution in [2.24, 2.45) is 0 Å². The predicted molar refractivity (Wildman–Crippen MR) is 474 cm³/mol. The van der Waals surface area contributed by atoms with Crippen LogP contribution in [-0.4, -0.2) is 18.3 Å². The second-order valence-corrected chi connectivity index (χ2v) is 29.2. The van der Waals surface area contributed by atoms with Crippen LogP contribution in [0.3, 0.4) is 0 Å². The maximum Gasteiger partial charge on any atom is 0.0541 e. The minimum Gasteiger partial charge on any atom is -0.309 e. The Bertz CT molecular complexity index is 7310. The lowest BCUT2D eigenvalue weighted by molar-refractivity contribution is 1.18. The highest BCUT2D eigenvalue weighted by Crippen LogP contribution is 2.44. The Morgan fingerprint density at radius 1 is 0.0982 bits per heavy atom. The van der Waals surface area contributed by atoms with Crippen LogP contribution >= 0.6 is 0 Å². The Balaban J connectivity index is 0.000000141. The Morgan fingerprint density at radius 3 is 0.607 bits per heavy atom. The average Bonchev–Trinajstić information content (AvgIpc) is 1.59. The third kappa shape index (κ3) is 11.6. The third-order valence-electron chi connectivity index (χ3n) is 22.6. The van der Waals surface area contributed by atoms with Gasteiger partial charge in [-0.1, -0.05) is 297 Å². The normalized spacial score (nSPS) is 11.6. The van der Waals surface area contributed by atoms with E-state index in [1.54, 1.807) is 0 Å². The van der Waals surface area contributed by atoms with Crippen molar-refractivity contribution in [1.82, 2.24) is 18.3 Å². The molecule has 0 aliphatic carbocycles. The molecule has 0 aliphatic rings. The molecule has 0 N–H and O–H groups in total. The van der Waals surface area contributed by atoms with Gasteiger partial charge in [-0.15, -0.1) is 0 Å². The minimum absolute atomic E-state index is 1.14. The van der Waals surface area contributed by atoms with Crippen LogP contribution in [0.4, 0.5) is 0 Å². The van der Waals surface area contributed by atoms with Gasteiger partial charge < -0.3 is 18.3 Å². The van der Waals surface area contributed by atoms with Crippen molar-refractivity contribution >= 4 is 87.2 Å². The van der Waals surface area contributed by atoms with E-state index < -0.39 is 0 Å². The van der Waals surface area contributed by atoms with Crippen molar-refractivity contribution in [1.29, 1.82) is 0 Å². The number of rotatable bonds is 12. The first-order chi connectivity index (χ1) is 55.5. The van der Waals surface area contributed by atoms with Crippen LogP contribution in [0.2, 0.25) is 0 Å². The molecule has 18 aromatic carbocycles. The summed E-state index contributed by atoms with van der Waals surface area (Å²) in [6, 6.07) is 159. The number of hydrogen-bond donors (Lipinski definition) is 0. The van der Waals surface area contributed by atoms with Gasteiger partial charge in [0.05, 0.1) is 44.1 Å². The third-order valence-corrected chi connectivity index (χ3v) is 22.6. The summed E-state index contributed by atoms with van der Waals surface area (Å²) in [6.07, 6.45) is 0. The van der Waals surface area contributed by atoms with E-state index in [2.05, 4.69) is 455 Å². The van der Waals surface area contributed by atoms with Gasteiger partial charge in [0.2, 0.25) is 0 Å². The van der Waals surface area contributed by atoms with Crippen LogP contribution in [0.5, 0.6) is 0 Å². The predicted octanol–water partition coefficient (Wildman–Crippen LogP) is 29.1. The van der Waals surface area contributed by atoms with E-state index in [-0.39, 0.29) is 0 Å². The van der Waals surface area contributed by atoms with Crippen molar-refractivity contribution in [3.05, 3.63) is 437 Å². The maximum absolute atomic E-state index is 2.45. The quantitative estimate of drug-likeness (QED) is 0.116. The molecular formula is C108H72N4. The SMILES string of the molecule is c1ccc(-c2ccc(-c3cc(-c4ccccc4)cc(-n4c5ccccc5c5cc(-c6ccc7c(c6)c6ccccc6n7-c6ccccc6)ccc54)c3)cc2)cc1.c1ccc(-c2cccc(-c3cc(-c4ccccc4)cc(-n4c5ccccc5c5cc(-c6ccc7c(c6)c6ccccc6n7-c6ccccc6)ccc54)c3)c2)cc1. The summed E-state index contributed by atoms with van der Waals surface area (Å²) in [4.78, 5) is 0. The molecule has 22 aromatic rings. The van der Waals surface area contributed by atoms with E-state index in [0.717, 1.165) is 11.4 Å². The van der Waals surface area contributed by atoms with Gasteiger partial charge in [-0.3, -0.25) is 0 Å². The zero-order valence-corrected chi connectivity index (χ0v) is 61.4. The van der Waals surface area contributed by atoms with Crippen molar-refractivity contribution in [3.8, 4) is 112 Å². The number of aromatic nitrogens is 4. The Morgan fingerprint density at radius 2 is 0.286 bits per heavy atom. The fourth-order valence-corrected chi connectivity index (χ4v) is 17.3. The monoisotopic (exact) mass is 1420 g/mol. The van der Waals surface area contributed by atoms with Crippen LogP contribution < -0.4 is 0 Å². The van der Waals surface area contributed by atoms with Crippen LogP contribution in [-0.2, 0) is 0 Å². The Kier molecular flexibility index (Phi) is 16.2. The molecule has 0 spiro atoms. The molecule has 0 amide bonds. The lowest BCUT2D eigenvalue weighted by atomic mass is 9.95. The van der Waals surface area contributed by atoms with Gasteiger partial charge in [0.1, 0.15) is 0 Å². The molecule has 4 aromatic heterocycles. The topological polar surface area (TPSA) is 19.7 Å². The fraction of sp³-hybridized carbons (Fsp3) is 0. The molecule has 0 bridgehead atoms. The summed E-state index contributed by atoms with van der Waals surface area (Å²) < 4.78 is 9.64. The zero-order valence-electron chi connectivity index (χ0n) is 61.4. The van der Waals surface area contributed by atoms with Gasteiger partial charge in [-0.25, -0.2) is 0 Å². The lowest BCUT2D eigenvalue weighted by Crippen LogP contribution is -1.96. The maximum atomic E-state index is 2.45. The molecule has 0 saturated heterocycles. The molecule has 0 radical (unpaired) electrons. The summed E-state index contributed by atoms with van der Waals surface area (Å²) in [5, 5.41) is 9.99. The molecule has 0 atom stereocenters. The summed E-state index contributed by atoms with van der Waals surface area (Å²) >= 11 is 0.